The van der Waals surface area contributed by atoms with Gasteiger partial charge < -0.3 is 4.42 Å². The molecule has 4 aromatic rings. The lowest BCUT2D eigenvalue weighted by Crippen LogP contribution is -1.78. The number of rotatable bonds is 1. The van der Waals surface area contributed by atoms with Crippen molar-refractivity contribution >= 4 is 37.8 Å². The molecular weight excluding hydrogens is 314 g/mol. The molecule has 0 aliphatic heterocycles. The summed E-state index contributed by atoms with van der Waals surface area (Å²) in [5.41, 5.74) is 2.69. The van der Waals surface area contributed by atoms with E-state index < -0.39 is 0 Å². The molecule has 0 N–H and O–H groups in total. The first-order valence-corrected chi connectivity index (χ1v) is 7.15. The van der Waals surface area contributed by atoms with E-state index in [-0.39, 0.29) is 0 Å². The lowest BCUT2D eigenvalue weighted by atomic mass is 10.1. The fourth-order valence-electron chi connectivity index (χ4n) is 2.41. The van der Waals surface area contributed by atoms with Gasteiger partial charge in [-0.1, -0.05) is 42.5 Å². The third-order valence-electron chi connectivity index (χ3n) is 3.38. The molecule has 4 rings (SSSR count). The van der Waals surface area contributed by atoms with Gasteiger partial charge in [-0.2, -0.15) is 0 Å². The average molecular weight is 324 g/mol. The highest BCUT2D eigenvalue weighted by Gasteiger charge is 2.12. The van der Waals surface area contributed by atoms with E-state index in [9.17, 15) is 0 Å². The summed E-state index contributed by atoms with van der Waals surface area (Å²) >= 11 is 3.54. The number of hydrogen-bond donors (Lipinski definition) is 0. The van der Waals surface area contributed by atoms with Crippen LogP contribution >= 0.6 is 15.9 Å². The molecule has 0 aliphatic carbocycles. The smallest absolute Gasteiger partial charge is 0.228 e. The number of fused-ring (bicyclic) bond motifs is 3. The third kappa shape index (κ3) is 1.74. The zero-order chi connectivity index (χ0) is 13.5. The molecule has 0 fully saturated rings. The number of benzene rings is 3. The minimum absolute atomic E-state index is 0.642. The second-order valence-corrected chi connectivity index (χ2v) is 5.49. The maximum atomic E-state index is 6.01. The number of halogens is 1. The van der Waals surface area contributed by atoms with Gasteiger partial charge in [0, 0.05) is 9.86 Å². The van der Waals surface area contributed by atoms with Crippen LogP contribution in [0.25, 0.3) is 33.3 Å². The minimum atomic E-state index is 0.642. The molecule has 2 nitrogen and oxygen atoms in total. The molecule has 0 unspecified atom stereocenters. The molecule has 96 valence electrons. The predicted octanol–water partition coefficient (Wildman–Crippen LogP) is 5.41. The molecule has 0 amide bonds. The Morgan fingerprint density at radius 2 is 1.65 bits per heavy atom. The molecular formula is C17H10BrNO. The van der Waals surface area contributed by atoms with Crippen molar-refractivity contribution in [2.45, 2.75) is 0 Å². The molecule has 0 atom stereocenters. The van der Waals surface area contributed by atoms with Crippen molar-refractivity contribution in [2.75, 3.05) is 0 Å². The minimum Gasteiger partial charge on any atom is -0.435 e. The van der Waals surface area contributed by atoms with Crippen molar-refractivity contribution in [3.05, 3.63) is 65.1 Å². The van der Waals surface area contributed by atoms with Crippen LogP contribution in [0.2, 0.25) is 0 Å². The van der Waals surface area contributed by atoms with Crippen LogP contribution in [0.1, 0.15) is 0 Å². The topological polar surface area (TPSA) is 26.0 Å². The van der Waals surface area contributed by atoms with Crippen molar-refractivity contribution in [2.24, 2.45) is 0 Å². The summed E-state index contributed by atoms with van der Waals surface area (Å²) in [7, 11) is 0. The van der Waals surface area contributed by atoms with Gasteiger partial charge in [-0.25, -0.2) is 4.98 Å². The molecule has 0 saturated carbocycles. The largest absolute Gasteiger partial charge is 0.435 e. The summed E-state index contributed by atoms with van der Waals surface area (Å²) in [5.74, 6) is 0.642. The first kappa shape index (κ1) is 11.7. The van der Waals surface area contributed by atoms with E-state index in [2.05, 4.69) is 39.1 Å². The second kappa shape index (κ2) is 4.46. The fraction of sp³-hybridized carbons (Fsp3) is 0. The lowest BCUT2D eigenvalue weighted by molar-refractivity contribution is 0.622. The van der Waals surface area contributed by atoms with Gasteiger partial charge in [-0.15, -0.1) is 0 Å². The number of hydrogen-bond acceptors (Lipinski definition) is 2. The van der Waals surface area contributed by atoms with Crippen LogP contribution in [0.3, 0.4) is 0 Å². The highest BCUT2D eigenvalue weighted by atomic mass is 79.9. The van der Waals surface area contributed by atoms with Crippen molar-refractivity contribution < 1.29 is 4.42 Å². The van der Waals surface area contributed by atoms with Crippen LogP contribution in [0.5, 0.6) is 0 Å². The molecule has 1 heterocycles. The van der Waals surface area contributed by atoms with Crippen molar-refractivity contribution in [1.82, 2.24) is 4.98 Å². The SMILES string of the molecule is Brc1ccccc1-c1nc2ccc3ccccc3c2o1. The molecule has 3 aromatic carbocycles. The Labute approximate surface area is 124 Å². The van der Waals surface area contributed by atoms with Crippen LogP contribution < -0.4 is 0 Å². The quantitative estimate of drug-likeness (QED) is 0.468. The van der Waals surface area contributed by atoms with Gasteiger partial charge in [0.25, 0.3) is 0 Å². The molecule has 0 bridgehead atoms. The number of nitrogens with zero attached hydrogens (tertiary/aromatic N) is 1. The summed E-state index contributed by atoms with van der Waals surface area (Å²) in [6.45, 7) is 0. The van der Waals surface area contributed by atoms with E-state index in [0.717, 1.165) is 31.9 Å². The van der Waals surface area contributed by atoms with Crippen molar-refractivity contribution in [3.63, 3.8) is 0 Å². The standard InChI is InChI=1S/C17H10BrNO/c18-14-8-4-3-7-13(14)17-19-15-10-9-11-5-1-2-6-12(11)16(15)20-17/h1-10H. The molecule has 0 aliphatic rings. The monoisotopic (exact) mass is 323 g/mol. The molecule has 0 saturated heterocycles. The molecule has 3 heteroatoms. The Morgan fingerprint density at radius 1 is 0.850 bits per heavy atom. The van der Waals surface area contributed by atoms with E-state index in [0.29, 0.717) is 5.89 Å². The maximum Gasteiger partial charge on any atom is 0.228 e. The van der Waals surface area contributed by atoms with Gasteiger partial charge in [-0.3, -0.25) is 0 Å². The lowest BCUT2D eigenvalue weighted by Gasteiger charge is -1.98. The Bertz CT molecular complexity index is 926. The number of oxazole rings is 1. The molecule has 1 aromatic heterocycles. The van der Waals surface area contributed by atoms with Crippen LogP contribution in [0.15, 0.2) is 69.6 Å². The summed E-state index contributed by atoms with van der Waals surface area (Å²) in [6.07, 6.45) is 0. The van der Waals surface area contributed by atoms with Gasteiger partial charge >= 0.3 is 0 Å². The first-order valence-electron chi connectivity index (χ1n) is 6.36. The van der Waals surface area contributed by atoms with E-state index >= 15 is 0 Å². The maximum absolute atomic E-state index is 6.01. The van der Waals surface area contributed by atoms with E-state index in [1.165, 1.54) is 0 Å². The van der Waals surface area contributed by atoms with Gasteiger partial charge in [0.2, 0.25) is 5.89 Å². The fourth-order valence-corrected chi connectivity index (χ4v) is 2.86. The molecule has 0 radical (unpaired) electrons. The predicted molar refractivity (Wildman–Crippen MR) is 84.7 cm³/mol. The van der Waals surface area contributed by atoms with Crippen molar-refractivity contribution in [1.29, 1.82) is 0 Å². The van der Waals surface area contributed by atoms with Crippen LogP contribution in [-0.2, 0) is 0 Å². The van der Waals surface area contributed by atoms with Gasteiger partial charge in [0.05, 0.1) is 5.56 Å². The third-order valence-corrected chi connectivity index (χ3v) is 4.08. The van der Waals surface area contributed by atoms with E-state index in [1.807, 2.05) is 42.5 Å². The van der Waals surface area contributed by atoms with Crippen LogP contribution in [-0.4, -0.2) is 4.98 Å². The van der Waals surface area contributed by atoms with E-state index in [1.54, 1.807) is 0 Å². The number of aromatic nitrogens is 1. The van der Waals surface area contributed by atoms with Gasteiger partial charge in [0.15, 0.2) is 5.58 Å². The summed E-state index contributed by atoms with van der Waals surface area (Å²) in [4.78, 5) is 4.60. The van der Waals surface area contributed by atoms with Crippen LogP contribution in [0, 0.1) is 0 Å². The average Bonchev–Trinajstić information content (AvgIpc) is 2.92. The summed E-state index contributed by atoms with van der Waals surface area (Å²) < 4.78 is 6.99. The zero-order valence-electron chi connectivity index (χ0n) is 10.5. The highest BCUT2D eigenvalue weighted by molar-refractivity contribution is 9.10. The second-order valence-electron chi connectivity index (χ2n) is 4.63. The van der Waals surface area contributed by atoms with Gasteiger partial charge in [-0.05, 0) is 39.5 Å². The highest BCUT2D eigenvalue weighted by Crippen LogP contribution is 2.32. The Kier molecular flexibility index (Phi) is 2.60. The Hall–Kier alpha value is -2.13. The van der Waals surface area contributed by atoms with Crippen LogP contribution in [0.4, 0.5) is 0 Å². The normalized spacial score (nSPS) is 11.2. The van der Waals surface area contributed by atoms with Crippen molar-refractivity contribution in [3.8, 4) is 11.5 Å². The first-order chi connectivity index (χ1) is 9.83. The summed E-state index contributed by atoms with van der Waals surface area (Å²) in [5, 5.41) is 2.26. The molecule has 0 spiro atoms. The summed E-state index contributed by atoms with van der Waals surface area (Å²) in [6, 6.07) is 20.2. The van der Waals surface area contributed by atoms with Gasteiger partial charge in [0.1, 0.15) is 5.52 Å². The van der Waals surface area contributed by atoms with E-state index in [4.69, 9.17) is 4.42 Å². The Morgan fingerprint density at radius 3 is 2.55 bits per heavy atom. The zero-order valence-corrected chi connectivity index (χ0v) is 12.1. The Balaban J connectivity index is 2.04. The molecule has 20 heavy (non-hydrogen) atoms.